The van der Waals surface area contributed by atoms with Crippen molar-refractivity contribution in [1.82, 2.24) is 35.0 Å². The summed E-state index contributed by atoms with van der Waals surface area (Å²) in [5, 5.41) is 27.8. The van der Waals surface area contributed by atoms with Crippen molar-refractivity contribution in [3.8, 4) is 22.3 Å². The van der Waals surface area contributed by atoms with Crippen LogP contribution in [0.25, 0.3) is 22.3 Å². The summed E-state index contributed by atoms with van der Waals surface area (Å²) < 4.78 is 92.4. The molecule has 1 atom stereocenters. The normalized spacial score (nSPS) is 18.6. The first-order chi connectivity index (χ1) is 62.9. The van der Waals surface area contributed by atoms with Crippen molar-refractivity contribution >= 4 is 106 Å². The Morgan fingerprint density at radius 1 is 0.436 bits per heavy atom. The number of anilines is 3. The highest BCUT2D eigenvalue weighted by atomic mass is 79.9. The number of halogens is 1. The van der Waals surface area contributed by atoms with Gasteiger partial charge in [0, 0.05) is 108 Å². The molecule has 708 valence electrons. The highest BCUT2D eigenvalue weighted by Crippen LogP contribution is 2.55. The van der Waals surface area contributed by atoms with Crippen molar-refractivity contribution in [2.45, 2.75) is 246 Å². The third-order valence-corrected chi connectivity index (χ3v) is 33.5. The molecule has 18 rings (SSSR count). The zero-order chi connectivity index (χ0) is 94.3. The molecule has 133 heavy (non-hydrogen) atoms. The number of aliphatic hydroxyl groups excluding tert-OH is 2. The Morgan fingerprint density at radius 2 is 0.789 bits per heavy atom. The summed E-state index contributed by atoms with van der Waals surface area (Å²) >= 11 is 3.33. The van der Waals surface area contributed by atoms with Crippen LogP contribution in [-0.4, -0.2) is 155 Å². The molecule has 9 aromatic rings. The van der Waals surface area contributed by atoms with Gasteiger partial charge in [-0.1, -0.05) is 172 Å². The number of nitrogens with one attached hydrogen (secondary N) is 6. The van der Waals surface area contributed by atoms with Crippen LogP contribution in [0.5, 0.6) is 0 Å². The van der Waals surface area contributed by atoms with Crippen molar-refractivity contribution < 1.29 is 68.7 Å². The largest absolute Gasteiger partial charge is 0.494 e. The maximum atomic E-state index is 13.5. The number of sulfonamides is 3. The van der Waals surface area contributed by atoms with Crippen LogP contribution in [-0.2, 0) is 81.8 Å². The second-order valence-corrected chi connectivity index (χ2v) is 44.2. The maximum absolute atomic E-state index is 13.5. The molecule has 0 bridgehead atoms. The van der Waals surface area contributed by atoms with Crippen molar-refractivity contribution in [2.75, 3.05) is 68.6 Å². The van der Waals surface area contributed by atoms with Crippen LogP contribution in [0, 0.1) is 20.8 Å². The lowest BCUT2D eigenvalue weighted by molar-refractivity contribution is 0.00578. The Hall–Kier alpha value is -9.80. The van der Waals surface area contributed by atoms with E-state index in [2.05, 4.69) is 134 Å². The summed E-state index contributed by atoms with van der Waals surface area (Å²) in [5.74, 6) is 0. The van der Waals surface area contributed by atoms with Gasteiger partial charge in [-0.15, -0.1) is 0 Å². The number of aldehydes is 2. The molecular weight excluding hydrogens is 1800 g/mol. The average molecular weight is 1930 g/mol. The molecule has 9 aliphatic rings. The minimum Gasteiger partial charge on any atom is -0.399 e. The lowest BCUT2D eigenvalue weighted by Gasteiger charge is -2.32. The van der Waals surface area contributed by atoms with E-state index in [4.69, 9.17) is 14.4 Å². The third kappa shape index (κ3) is 22.7. The molecule has 4 saturated carbocycles. The number of benzene rings is 9. The van der Waals surface area contributed by atoms with E-state index in [1.165, 1.54) is 85.1 Å². The van der Waals surface area contributed by atoms with Crippen LogP contribution in [0.15, 0.2) is 201 Å². The summed E-state index contributed by atoms with van der Waals surface area (Å²) in [6.45, 7) is 19.8. The van der Waals surface area contributed by atoms with Crippen LogP contribution >= 0.6 is 15.9 Å². The molecule has 25 nitrogen and oxygen atoms in total. The van der Waals surface area contributed by atoms with Crippen molar-refractivity contribution in [3.05, 3.63) is 253 Å². The Kier molecular flexibility index (Phi) is 32.0. The Labute approximate surface area is 794 Å². The number of hydrogen-bond donors (Lipinski definition) is 8. The molecule has 0 radical (unpaired) electrons. The van der Waals surface area contributed by atoms with Gasteiger partial charge >= 0.3 is 25.2 Å². The first-order valence-corrected chi connectivity index (χ1v) is 51.2. The summed E-state index contributed by atoms with van der Waals surface area (Å²) in [5.41, 5.74) is 19.6. The highest BCUT2D eigenvalue weighted by Gasteiger charge is 2.54. The van der Waals surface area contributed by atoms with E-state index in [1.807, 2.05) is 83.1 Å². The average Bonchev–Trinajstić information content (AvgIpc) is 1.59. The number of amides is 6. The van der Waals surface area contributed by atoms with Gasteiger partial charge in [0.15, 0.2) is 0 Å². The summed E-state index contributed by atoms with van der Waals surface area (Å²) in [6.07, 6.45) is 20.2. The minimum atomic E-state index is -3.50. The molecule has 1 unspecified atom stereocenters. The van der Waals surface area contributed by atoms with Gasteiger partial charge in [0.05, 0.1) is 38.1 Å². The van der Waals surface area contributed by atoms with Gasteiger partial charge in [-0.2, -0.15) is 0 Å². The maximum Gasteiger partial charge on any atom is 0.494 e. The minimum absolute atomic E-state index is 0. The zero-order valence-corrected chi connectivity index (χ0v) is 81.2. The van der Waals surface area contributed by atoms with Gasteiger partial charge in [-0.05, 0) is 296 Å². The number of carbonyl (C=O) groups is 5. The number of carbonyl (C=O) groups excluding carboxylic acids is 5. The first-order valence-electron chi connectivity index (χ1n) is 45.9. The van der Waals surface area contributed by atoms with Crippen LogP contribution < -0.4 is 50.3 Å². The Bertz CT molecular complexity index is 6070. The molecule has 9 aromatic carbocycles. The van der Waals surface area contributed by atoms with E-state index in [-0.39, 0.29) is 68.7 Å². The van der Waals surface area contributed by atoms with Crippen LogP contribution in [0.3, 0.4) is 0 Å². The quantitative estimate of drug-likeness (QED) is 0.0275. The van der Waals surface area contributed by atoms with Gasteiger partial charge < -0.3 is 35.5 Å². The third-order valence-electron chi connectivity index (χ3n) is 28.4. The van der Waals surface area contributed by atoms with Crippen LogP contribution in [0.1, 0.15) is 221 Å². The van der Waals surface area contributed by atoms with Gasteiger partial charge in [0.2, 0.25) is 30.1 Å². The number of aliphatic hydroxyl groups is 2. The van der Waals surface area contributed by atoms with E-state index < -0.39 is 48.4 Å². The second-order valence-electron chi connectivity index (χ2n) is 37.7. The van der Waals surface area contributed by atoms with Crippen LogP contribution in [0.2, 0.25) is 0 Å². The molecule has 2 saturated heterocycles. The number of nitrogens with zero attached hydrogens (tertiary/aromatic N) is 4. The lowest BCUT2D eigenvalue weighted by atomic mass is 9.74. The fraction of sp³-hybridized carbons (Fsp3) is 0.427. The van der Waals surface area contributed by atoms with Gasteiger partial charge in [-0.25, -0.2) is 53.8 Å². The fourth-order valence-corrected chi connectivity index (χ4v) is 22.5. The molecule has 6 amide bonds. The summed E-state index contributed by atoms with van der Waals surface area (Å²) in [6, 6.07) is 56.1. The van der Waals surface area contributed by atoms with Gasteiger partial charge in [0.1, 0.15) is 12.6 Å². The Balaban J connectivity index is 0.000000155. The van der Waals surface area contributed by atoms with E-state index in [9.17, 15) is 54.3 Å². The number of urea groups is 3. The molecule has 8 N–H and O–H groups in total. The second kappa shape index (κ2) is 42.2. The number of β-amino-alcohol motifs (C(OH)–C–C–N with tert-alkyl or cyclic N) is 1. The SMILES string of the molecule is C.CNS(=O)(=O)c1ccc(CNC(=O)N2CC3(CCCC3)c3cc(-c4cc(C=O)ccc4C)ccc32)cc1.CNS(=O)(=O)c1ccc(CNC(=O)N2CC3(CCCC3)c3cc(-c4cc(CN5CCC(O)C5)ccc4C)ccc32)cc1.CNS(=O)(=O)c1ccc(CNC(=O)N2CC3(CCCC3)c3cc(B4OC(C)(C)C(C)(C)O4)ccc32)cc1.Cc1ccc(C=O)cc1Br.OC1CCCC1. The predicted octanol–water partition coefficient (Wildman–Crippen LogP) is 17.2. The predicted molar refractivity (Wildman–Crippen MR) is 529 cm³/mol. The van der Waals surface area contributed by atoms with Gasteiger partial charge in [0.25, 0.3) is 0 Å². The number of aryl methyl sites for hydroxylation is 3. The first kappa shape index (κ1) is 101. The fourth-order valence-electron chi connectivity index (χ4n) is 19.9. The number of rotatable bonds is 19. The number of likely N-dealkylation sites (tertiary alicyclic amines) is 1. The van der Waals surface area contributed by atoms with E-state index in [0.29, 0.717) is 50.4 Å². The summed E-state index contributed by atoms with van der Waals surface area (Å²) in [7, 11) is -6.78. The Morgan fingerprint density at radius 3 is 1.14 bits per heavy atom. The molecule has 5 aliphatic heterocycles. The zero-order valence-electron chi connectivity index (χ0n) is 77.2. The van der Waals surface area contributed by atoms with Gasteiger partial charge in [-0.3, -0.25) is 29.2 Å². The van der Waals surface area contributed by atoms with Crippen molar-refractivity contribution in [2.24, 2.45) is 0 Å². The molecule has 0 aromatic heterocycles. The topological polar surface area (TPSA) is 332 Å². The number of fused-ring (bicyclic) bond motifs is 6. The monoisotopic (exact) mass is 1930 g/mol. The smallest absolute Gasteiger partial charge is 0.399 e. The van der Waals surface area contributed by atoms with Crippen molar-refractivity contribution in [3.63, 3.8) is 0 Å². The van der Waals surface area contributed by atoms with Crippen molar-refractivity contribution in [1.29, 1.82) is 0 Å². The molecular formula is C103H128BBrN10O15S3. The highest BCUT2D eigenvalue weighted by molar-refractivity contribution is 9.10. The molecule has 5 heterocycles. The molecule has 3 spiro atoms. The lowest BCUT2D eigenvalue weighted by Crippen LogP contribution is -2.41. The van der Waals surface area contributed by atoms with E-state index in [0.717, 1.165) is 194 Å². The summed E-state index contributed by atoms with van der Waals surface area (Å²) in [4.78, 5) is 70.3. The molecule has 4 aliphatic carbocycles. The standard InChI is InChI=1S/C33H40N4O4S.C29H31N3O4S.C27H36BN3O5S.C8H7BrO.C5H10O.CH4/c1-23-5-6-25(20-36-16-13-27(38)21-36)17-29(23)26-9-12-31-30(18-26)33(14-3-4-15-33)22-37(31)32(39)35-19-24-7-10-28(11-8-24)42(40,41)34-2;1-20-5-6-22(18-33)15-25(20)23-9-12-27-26(16-23)29(13-3-4-14-29)19-32(27)28(34)31-17-21-7-10-24(11-8-21)37(35,36)30-2;1-25(2)26(3,4)36-28(35-25)20-10-13-23-22(16-20)27(14-6-7-15-27)18-31(23)24(32)30-17-19-8-11-21(12-9-19)37(33,34)29-5;1-6-2-3-7(5-10)4-8(6)9;6-5-3-1-2-4-5;/h5-12,17-18,27,34,38H,3-4,13-16,19-22H2,1-2H3,(H,35,39);5-12,15-16,18,30H,3-4,13-14,17,19H2,1-2H3,(H,31,34);8-13,16,29H,6-7,14-15,17-18H2,1-5H3,(H,30,32);2-5H,1H3;5-6H,1-4H2;1H4. The van der Waals surface area contributed by atoms with E-state index >= 15 is 0 Å². The number of hydrogen-bond acceptors (Lipinski definition) is 16. The molecule has 6 fully saturated rings. The molecule has 30 heteroatoms. The van der Waals surface area contributed by atoms with E-state index in [1.54, 1.807) is 66.7 Å². The van der Waals surface area contributed by atoms with Crippen LogP contribution in [0.4, 0.5) is 31.4 Å².